The summed E-state index contributed by atoms with van der Waals surface area (Å²) in [5.74, 6) is -0.497. The SMILES string of the molecule is CC(C)(COc1ccc(-c2cc3c(cn2)C2=NC=C(C(F)(F)F)C23N)cc1)C(=O)O. The van der Waals surface area contributed by atoms with Crippen LogP contribution >= 0.6 is 0 Å². The summed E-state index contributed by atoms with van der Waals surface area (Å²) in [6.07, 6.45) is -2.33. The van der Waals surface area contributed by atoms with Crippen molar-refractivity contribution in [1.29, 1.82) is 0 Å². The fourth-order valence-electron chi connectivity index (χ4n) is 3.42. The Kier molecular flexibility index (Phi) is 4.28. The van der Waals surface area contributed by atoms with Gasteiger partial charge in [-0.25, -0.2) is 0 Å². The second-order valence-corrected chi connectivity index (χ2v) is 7.94. The molecule has 1 aliphatic carbocycles. The van der Waals surface area contributed by atoms with Gasteiger partial charge in [0.2, 0.25) is 0 Å². The average molecular weight is 417 g/mol. The number of fused-ring (bicyclic) bond motifs is 4. The second kappa shape index (κ2) is 6.40. The zero-order chi connectivity index (χ0) is 21.9. The molecule has 1 atom stereocenters. The Bertz CT molecular complexity index is 1100. The van der Waals surface area contributed by atoms with E-state index in [1.54, 1.807) is 44.2 Å². The Morgan fingerprint density at radius 3 is 2.50 bits per heavy atom. The number of carboxylic acids is 1. The van der Waals surface area contributed by atoms with E-state index >= 15 is 0 Å². The molecule has 2 aliphatic rings. The van der Waals surface area contributed by atoms with Crippen molar-refractivity contribution < 1.29 is 27.8 Å². The van der Waals surface area contributed by atoms with Crippen LogP contribution in [0.4, 0.5) is 13.2 Å². The normalized spacial score (nSPS) is 19.9. The first-order chi connectivity index (χ1) is 13.9. The second-order valence-electron chi connectivity index (χ2n) is 7.94. The van der Waals surface area contributed by atoms with Gasteiger partial charge in [0, 0.05) is 23.5 Å². The first-order valence-corrected chi connectivity index (χ1v) is 9.07. The van der Waals surface area contributed by atoms with Crippen molar-refractivity contribution in [3.63, 3.8) is 0 Å². The van der Waals surface area contributed by atoms with Crippen LogP contribution in [-0.2, 0) is 10.3 Å². The molecule has 0 spiro atoms. The molecule has 0 bridgehead atoms. The zero-order valence-electron chi connectivity index (χ0n) is 16.1. The first-order valence-electron chi connectivity index (χ1n) is 9.07. The van der Waals surface area contributed by atoms with E-state index in [2.05, 4.69) is 9.98 Å². The van der Waals surface area contributed by atoms with Gasteiger partial charge in [-0.1, -0.05) is 0 Å². The van der Waals surface area contributed by atoms with Gasteiger partial charge in [0.1, 0.15) is 17.9 Å². The molecule has 9 heteroatoms. The molecule has 1 unspecified atom stereocenters. The number of aliphatic imine (C=N–C) groups is 1. The van der Waals surface area contributed by atoms with E-state index < -0.39 is 28.7 Å². The fourth-order valence-corrected chi connectivity index (χ4v) is 3.42. The van der Waals surface area contributed by atoms with Crippen LogP contribution in [0.2, 0.25) is 0 Å². The fraction of sp³-hybridized carbons (Fsp3) is 0.286. The summed E-state index contributed by atoms with van der Waals surface area (Å²) in [6, 6.07) is 8.24. The van der Waals surface area contributed by atoms with Crippen molar-refractivity contribution in [1.82, 2.24) is 4.98 Å². The number of aromatic nitrogens is 1. The number of benzene rings is 1. The van der Waals surface area contributed by atoms with Crippen molar-refractivity contribution >= 4 is 11.7 Å². The van der Waals surface area contributed by atoms with Gasteiger partial charge in [-0.2, -0.15) is 13.2 Å². The molecule has 0 saturated carbocycles. The molecule has 156 valence electrons. The predicted octanol–water partition coefficient (Wildman–Crippen LogP) is 3.65. The number of nitrogens with zero attached hydrogens (tertiary/aromatic N) is 2. The van der Waals surface area contributed by atoms with Crippen molar-refractivity contribution in [3.05, 3.63) is 59.4 Å². The number of rotatable bonds is 5. The standard InChI is InChI=1S/C21H18F3N3O3/c1-19(2,18(28)29)10-30-12-5-3-11(4-6-12)15-7-14-13(8-26-15)17-20(14,25)16(9-27-17)21(22,23)24/h3-9H,10,25H2,1-2H3,(H,28,29). The third-order valence-corrected chi connectivity index (χ3v) is 5.34. The Hall–Kier alpha value is -3.20. The summed E-state index contributed by atoms with van der Waals surface area (Å²) in [6.45, 7) is 3.10. The summed E-state index contributed by atoms with van der Waals surface area (Å²) in [5, 5.41) is 9.14. The van der Waals surface area contributed by atoms with E-state index in [-0.39, 0.29) is 12.3 Å². The largest absolute Gasteiger partial charge is 0.492 e. The van der Waals surface area contributed by atoms with Crippen LogP contribution in [0.15, 0.2) is 53.3 Å². The van der Waals surface area contributed by atoms with Crippen LogP contribution in [0.1, 0.15) is 25.0 Å². The summed E-state index contributed by atoms with van der Waals surface area (Å²) < 4.78 is 45.6. The Balaban J connectivity index is 1.57. The zero-order valence-corrected chi connectivity index (χ0v) is 16.1. The van der Waals surface area contributed by atoms with E-state index in [0.29, 0.717) is 28.1 Å². The minimum absolute atomic E-state index is 0.0108. The molecule has 0 saturated heterocycles. The molecular weight excluding hydrogens is 399 g/mol. The molecule has 1 aromatic carbocycles. The smallest absolute Gasteiger partial charge is 0.416 e. The molecular formula is C21H18F3N3O3. The molecule has 2 heterocycles. The first kappa shape index (κ1) is 20.1. The monoisotopic (exact) mass is 417 g/mol. The van der Waals surface area contributed by atoms with Crippen LogP contribution < -0.4 is 10.5 Å². The molecule has 0 amide bonds. The topological polar surface area (TPSA) is 97.8 Å². The van der Waals surface area contributed by atoms with Crippen molar-refractivity contribution in [2.24, 2.45) is 16.1 Å². The maximum atomic E-state index is 13.3. The van der Waals surface area contributed by atoms with Crippen LogP contribution in [0, 0.1) is 5.41 Å². The number of nitrogens with two attached hydrogens (primary N) is 1. The lowest BCUT2D eigenvalue weighted by atomic mass is 9.66. The number of ether oxygens (including phenoxy) is 1. The number of hydrogen-bond acceptors (Lipinski definition) is 5. The van der Waals surface area contributed by atoms with Crippen molar-refractivity contribution in [2.75, 3.05) is 6.61 Å². The third kappa shape index (κ3) is 2.97. The maximum Gasteiger partial charge on any atom is 0.416 e. The van der Waals surface area contributed by atoms with E-state index in [4.69, 9.17) is 15.6 Å². The van der Waals surface area contributed by atoms with Gasteiger partial charge < -0.3 is 15.6 Å². The van der Waals surface area contributed by atoms with Gasteiger partial charge in [-0.3, -0.25) is 14.8 Å². The molecule has 2 aromatic rings. The number of hydrogen-bond donors (Lipinski definition) is 2. The highest BCUT2D eigenvalue weighted by atomic mass is 19.4. The van der Waals surface area contributed by atoms with Crippen LogP contribution in [0.25, 0.3) is 11.3 Å². The number of pyridine rings is 1. The minimum atomic E-state index is -4.58. The van der Waals surface area contributed by atoms with E-state index in [1.807, 2.05) is 0 Å². The van der Waals surface area contributed by atoms with Crippen LogP contribution in [-0.4, -0.2) is 34.6 Å². The number of alkyl halides is 3. The highest BCUT2D eigenvalue weighted by Crippen LogP contribution is 2.51. The number of carboxylic acid groups (broad SMARTS) is 1. The highest BCUT2D eigenvalue weighted by molar-refractivity contribution is 6.20. The number of carbonyl (C=O) groups is 1. The van der Waals surface area contributed by atoms with Gasteiger partial charge in [0.15, 0.2) is 0 Å². The summed E-state index contributed by atoms with van der Waals surface area (Å²) in [7, 11) is 0. The molecule has 4 rings (SSSR count). The molecule has 30 heavy (non-hydrogen) atoms. The molecule has 3 N–H and O–H groups in total. The summed E-state index contributed by atoms with van der Waals surface area (Å²) in [5.41, 5.74) is 4.55. The van der Waals surface area contributed by atoms with Crippen molar-refractivity contribution in [3.8, 4) is 17.0 Å². The average Bonchev–Trinajstić information content (AvgIpc) is 2.99. The lowest BCUT2D eigenvalue weighted by molar-refractivity contribution is -0.148. The Morgan fingerprint density at radius 2 is 1.90 bits per heavy atom. The molecule has 6 nitrogen and oxygen atoms in total. The Morgan fingerprint density at radius 1 is 1.23 bits per heavy atom. The van der Waals surface area contributed by atoms with E-state index in [0.717, 1.165) is 6.20 Å². The molecule has 1 aromatic heterocycles. The highest BCUT2D eigenvalue weighted by Gasteiger charge is 2.59. The van der Waals surface area contributed by atoms with E-state index in [9.17, 15) is 18.0 Å². The van der Waals surface area contributed by atoms with Crippen molar-refractivity contribution in [2.45, 2.75) is 25.6 Å². The van der Waals surface area contributed by atoms with Crippen LogP contribution in [0.3, 0.4) is 0 Å². The number of halogens is 3. The summed E-state index contributed by atoms with van der Waals surface area (Å²) >= 11 is 0. The lowest BCUT2D eigenvalue weighted by Crippen LogP contribution is -2.56. The maximum absolute atomic E-state index is 13.3. The summed E-state index contributed by atoms with van der Waals surface area (Å²) in [4.78, 5) is 19.3. The Labute approximate surface area is 169 Å². The molecule has 0 fully saturated rings. The minimum Gasteiger partial charge on any atom is -0.492 e. The van der Waals surface area contributed by atoms with Gasteiger partial charge in [0.05, 0.1) is 22.4 Å². The van der Waals surface area contributed by atoms with E-state index in [1.165, 1.54) is 6.20 Å². The quantitative estimate of drug-likeness (QED) is 0.774. The molecule has 1 aliphatic heterocycles. The van der Waals surface area contributed by atoms with Gasteiger partial charge in [0.25, 0.3) is 0 Å². The van der Waals surface area contributed by atoms with Crippen LogP contribution in [0.5, 0.6) is 5.75 Å². The number of aliphatic carboxylic acids is 1. The van der Waals surface area contributed by atoms with Gasteiger partial charge in [-0.05, 0) is 49.7 Å². The van der Waals surface area contributed by atoms with Gasteiger partial charge in [-0.15, -0.1) is 0 Å². The molecule has 0 radical (unpaired) electrons. The van der Waals surface area contributed by atoms with Gasteiger partial charge >= 0.3 is 12.1 Å². The third-order valence-electron chi connectivity index (χ3n) is 5.34. The lowest BCUT2D eigenvalue weighted by Gasteiger charge is -2.41. The predicted molar refractivity (Wildman–Crippen MR) is 103 cm³/mol.